The van der Waals surface area contributed by atoms with Crippen molar-refractivity contribution in [2.24, 2.45) is 0 Å². The van der Waals surface area contributed by atoms with Gasteiger partial charge in [0.2, 0.25) is 0 Å². The Morgan fingerprint density at radius 1 is 1.40 bits per heavy atom. The summed E-state index contributed by atoms with van der Waals surface area (Å²) >= 11 is 0. The molecule has 1 aromatic rings. The summed E-state index contributed by atoms with van der Waals surface area (Å²) in [4.78, 5) is 0. The first kappa shape index (κ1) is 11.7. The largest absolute Gasteiger partial charge is 0.497 e. The average molecular weight is 210 g/mol. The summed E-state index contributed by atoms with van der Waals surface area (Å²) in [7, 11) is 3.30. The molecule has 0 aromatic heterocycles. The van der Waals surface area contributed by atoms with Crippen LogP contribution in [0.5, 0.6) is 5.75 Å². The molecular formula is C11H18N2O2. The molecule has 1 aromatic carbocycles. The van der Waals surface area contributed by atoms with Crippen molar-refractivity contribution in [3.05, 3.63) is 18.2 Å². The number of rotatable bonds is 5. The first-order valence-corrected chi connectivity index (χ1v) is 4.86. The number of hydrogen-bond donors (Lipinski definition) is 2. The molecule has 4 heteroatoms. The number of methoxy groups -OCH3 is 2. The van der Waals surface area contributed by atoms with Crippen LogP contribution in [0.2, 0.25) is 0 Å². The summed E-state index contributed by atoms with van der Waals surface area (Å²) < 4.78 is 10.1. The molecule has 0 fully saturated rings. The summed E-state index contributed by atoms with van der Waals surface area (Å²) in [6.07, 6.45) is 0. The summed E-state index contributed by atoms with van der Waals surface area (Å²) in [6, 6.07) is 5.80. The Kier molecular flexibility index (Phi) is 4.24. The molecule has 15 heavy (non-hydrogen) atoms. The minimum atomic E-state index is 0.227. The maximum absolute atomic E-state index is 5.86. The van der Waals surface area contributed by atoms with Crippen LogP contribution < -0.4 is 15.8 Å². The van der Waals surface area contributed by atoms with Gasteiger partial charge < -0.3 is 20.5 Å². The molecule has 0 saturated heterocycles. The van der Waals surface area contributed by atoms with Gasteiger partial charge in [0.05, 0.1) is 25.1 Å². The van der Waals surface area contributed by atoms with Crippen molar-refractivity contribution in [2.45, 2.75) is 13.0 Å². The molecule has 0 bridgehead atoms. The van der Waals surface area contributed by atoms with Gasteiger partial charge in [-0.1, -0.05) is 0 Å². The second kappa shape index (κ2) is 5.46. The molecule has 0 aliphatic heterocycles. The van der Waals surface area contributed by atoms with Gasteiger partial charge in [0.25, 0.3) is 0 Å². The highest BCUT2D eigenvalue weighted by Crippen LogP contribution is 2.24. The minimum absolute atomic E-state index is 0.227. The topological polar surface area (TPSA) is 56.5 Å². The van der Waals surface area contributed by atoms with Gasteiger partial charge in [-0.25, -0.2) is 0 Å². The molecule has 0 aliphatic carbocycles. The van der Waals surface area contributed by atoms with Crippen molar-refractivity contribution in [1.29, 1.82) is 0 Å². The molecule has 0 aliphatic rings. The number of nitrogens with two attached hydrogens (primary N) is 1. The van der Waals surface area contributed by atoms with Crippen LogP contribution in [-0.2, 0) is 4.74 Å². The van der Waals surface area contributed by atoms with Gasteiger partial charge in [0, 0.05) is 19.2 Å². The third kappa shape index (κ3) is 3.32. The van der Waals surface area contributed by atoms with E-state index in [-0.39, 0.29) is 6.04 Å². The number of anilines is 2. The minimum Gasteiger partial charge on any atom is -0.497 e. The van der Waals surface area contributed by atoms with Crippen LogP contribution >= 0.6 is 0 Å². The highest BCUT2D eigenvalue weighted by Gasteiger charge is 2.05. The second-order valence-corrected chi connectivity index (χ2v) is 3.45. The summed E-state index contributed by atoms with van der Waals surface area (Å²) in [6.45, 7) is 2.68. The monoisotopic (exact) mass is 210 g/mol. The van der Waals surface area contributed by atoms with Crippen LogP contribution in [0, 0.1) is 0 Å². The lowest BCUT2D eigenvalue weighted by atomic mass is 10.2. The first-order chi connectivity index (χ1) is 7.17. The molecule has 1 unspecified atom stereocenters. The van der Waals surface area contributed by atoms with Gasteiger partial charge >= 0.3 is 0 Å². The number of hydrogen-bond acceptors (Lipinski definition) is 4. The highest BCUT2D eigenvalue weighted by molar-refractivity contribution is 5.68. The van der Waals surface area contributed by atoms with E-state index in [2.05, 4.69) is 5.32 Å². The van der Waals surface area contributed by atoms with Crippen molar-refractivity contribution in [2.75, 3.05) is 31.9 Å². The van der Waals surface area contributed by atoms with Gasteiger partial charge in [-0.3, -0.25) is 0 Å². The van der Waals surface area contributed by atoms with Crippen LogP contribution in [0.15, 0.2) is 18.2 Å². The lowest BCUT2D eigenvalue weighted by molar-refractivity contribution is 0.190. The number of nitrogen functional groups attached to an aromatic ring is 1. The molecule has 0 heterocycles. The van der Waals surface area contributed by atoms with Crippen LogP contribution in [0.1, 0.15) is 6.92 Å². The molecular weight excluding hydrogens is 192 g/mol. The maximum Gasteiger partial charge on any atom is 0.121 e. The fraction of sp³-hybridized carbons (Fsp3) is 0.455. The molecule has 0 spiro atoms. The predicted molar refractivity (Wildman–Crippen MR) is 62.4 cm³/mol. The molecule has 3 N–H and O–H groups in total. The third-order valence-corrected chi connectivity index (χ3v) is 2.08. The van der Waals surface area contributed by atoms with Crippen molar-refractivity contribution in [3.8, 4) is 5.75 Å². The molecule has 4 nitrogen and oxygen atoms in total. The Morgan fingerprint density at radius 2 is 2.13 bits per heavy atom. The van der Waals surface area contributed by atoms with E-state index in [9.17, 15) is 0 Å². The SMILES string of the molecule is COCC(C)Nc1ccc(OC)cc1N. The molecule has 0 radical (unpaired) electrons. The first-order valence-electron chi connectivity index (χ1n) is 4.86. The van der Waals surface area contributed by atoms with Gasteiger partial charge in [-0.15, -0.1) is 0 Å². The molecule has 1 rings (SSSR count). The van der Waals surface area contributed by atoms with Gasteiger partial charge in [-0.2, -0.15) is 0 Å². The number of ether oxygens (including phenoxy) is 2. The Labute approximate surface area is 90.4 Å². The molecule has 0 saturated carbocycles. The van der Waals surface area contributed by atoms with Crippen molar-refractivity contribution >= 4 is 11.4 Å². The van der Waals surface area contributed by atoms with Gasteiger partial charge in [-0.05, 0) is 19.1 Å². The maximum atomic E-state index is 5.86. The zero-order valence-corrected chi connectivity index (χ0v) is 9.41. The lowest BCUT2D eigenvalue weighted by Crippen LogP contribution is -2.21. The quantitative estimate of drug-likeness (QED) is 0.727. The van der Waals surface area contributed by atoms with Gasteiger partial charge in [0.1, 0.15) is 5.75 Å². The molecule has 1 atom stereocenters. The Balaban J connectivity index is 2.69. The molecule has 0 amide bonds. The fourth-order valence-corrected chi connectivity index (χ4v) is 1.36. The summed E-state index contributed by atoms with van der Waals surface area (Å²) in [5, 5.41) is 3.26. The standard InChI is InChI=1S/C11H18N2O2/c1-8(7-14-2)13-11-5-4-9(15-3)6-10(11)12/h4-6,8,13H,7,12H2,1-3H3. The second-order valence-electron chi connectivity index (χ2n) is 3.45. The van der Waals surface area contributed by atoms with E-state index in [1.807, 2.05) is 19.1 Å². The van der Waals surface area contributed by atoms with E-state index in [0.29, 0.717) is 12.3 Å². The molecule has 84 valence electrons. The zero-order valence-electron chi connectivity index (χ0n) is 9.41. The summed E-state index contributed by atoms with van der Waals surface area (Å²) in [5.41, 5.74) is 7.44. The van der Waals surface area contributed by atoms with E-state index < -0.39 is 0 Å². The van der Waals surface area contributed by atoms with Crippen molar-refractivity contribution in [1.82, 2.24) is 0 Å². The van der Waals surface area contributed by atoms with Crippen LogP contribution in [0.25, 0.3) is 0 Å². The van der Waals surface area contributed by atoms with Crippen LogP contribution in [0.4, 0.5) is 11.4 Å². The van der Waals surface area contributed by atoms with E-state index in [1.54, 1.807) is 20.3 Å². The van der Waals surface area contributed by atoms with Crippen LogP contribution in [-0.4, -0.2) is 26.9 Å². The fourth-order valence-electron chi connectivity index (χ4n) is 1.36. The van der Waals surface area contributed by atoms with E-state index in [1.165, 1.54) is 0 Å². The normalized spacial score (nSPS) is 12.2. The van der Waals surface area contributed by atoms with Crippen molar-refractivity contribution < 1.29 is 9.47 Å². The Morgan fingerprint density at radius 3 is 2.67 bits per heavy atom. The van der Waals surface area contributed by atoms with Crippen molar-refractivity contribution in [3.63, 3.8) is 0 Å². The van der Waals surface area contributed by atoms with E-state index >= 15 is 0 Å². The van der Waals surface area contributed by atoms with Crippen LogP contribution in [0.3, 0.4) is 0 Å². The predicted octanol–water partition coefficient (Wildman–Crippen LogP) is 1.72. The average Bonchev–Trinajstić information content (AvgIpc) is 2.21. The number of nitrogens with one attached hydrogen (secondary N) is 1. The Bertz CT molecular complexity index is 315. The summed E-state index contributed by atoms with van der Waals surface area (Å²) in [5.74, 6) is 0.762. The zero-order chi connectivity index (χ0) is 11.3. The smallest absolute Gasteiger partial charge is 0.121 e. The van der Waals surface area contributed by atoms with Gasteiger partial charge in [0.15, 0.2) is 0 Å². The van der Waals surface area contributed by atoms with E-state index in [0.717, 1.165) is 11.4 Å². The Hall–Kier alpha value is -1.42. The third-order valence-electron chi connectivity index (χ3n) is 2.08. The highest BCUT2D eigenvalue weighted by atomic mass is 16.5. The van der Waals surface area contributed by atoms with E-state index in [4.69, 9.17) is 15.2 Å². The lowest BCUT2D eigenvalue weighted by Gasteiger charge is -2.16. The number of benzene rings is 1.